The second kappa shape index (κ2) is 3.43. The lowest BCUT2D eigenvalue weighted by molar-refractivity contribution is 0.418. The molecule has 0 spiro atoms. The Morgan fingerprint density at radius 2 is 2.29 bits per heavy atom. The minimum Gasteiger partial charge on any atom is -0.333 e. The van der Waals surface area contributed by atoms with E-state index < -0.39 is 0 Å². The molecule has 0 aliphatic rings. The summed E-state index contributed by atoms with van der Waals surface area (Å²) in [5.74, 6) is 0.928. The van der Waals surface area contributed by atoms with Crippen LogP contribution in [0.4, 0.5) is 0 Å². The van der Waals surface area contributed by atoms with Crippen molar-refractivity contribution >= 4 is 11.5 Å². The average molecular weight is 211 g/mol. The van der Waals surface area contributed by atoms with E-state index in [1.807, 2.05) is 6.92 Å². The Labute approximate surface area is 84.3 Å². The lowest BCUT2D eigenvalue weighted by Gasteiger charge is -1.92. The van der Waals surface area contributed by atoms with E-state index in [2.05, 4.69) is 19.7 Å². The van der Waals surface area contributed by atoms with Crippen molar-refractivity contribution in [2.45, 2.75) is 19.9 Å². The molecule has 0 amide bonds. The highest BCUT2D eigenvalue weighted by atomic mass is 32.1. The van der Waals surface area contributed by atoms with Crippen molar-refractivity contribution in [3.05, 3.63) is 11.5 Å². The fourth-order valence-electron chi connectivity index (χ4n) is 0.940. The third kappa shape index (κ3) is 1.51. The minimum absolute atomic E-state index is 0.228. The maximum Gasteiger partial charge on any atom is 0.271 e. The van der Waals surface area contributed by atoms with Crippen LogP contribution in [-0.4, -0.2) is 19.7 Å². The van der Waals surface area contributed by atoms with E-state index in [1.54, 1.807) is 6.92 Å². The molecule has 14 heavy (non-hydrogen) atoms. The van der Waals surface area contributed by atoms with Crippen LogP contribution in [0.15, 0.2) is 4.52 Å². The van der Waals surface area contributed by atoms with Crippen LogP contribution >= 0.6 is 11.5 Å². The van der Waals surface area contributed by atoms with E-state index in [1.165, 1.54) is 11.5 Å². The van der Waals surface area contributed by atoms with Gasteiger partial charge in [0, 0.05) is 0 Å². The molecule has 0 radical (unpaired) electrons. The number of aromatic nitrogens is 4. The second-order valence-electron chi connectivity index (χ2n) is 2.93. The van der Waals surface area contributed by atoms with Crippen molar-refractivity contribution in [3.63, 3.8) is 0 Å². The number of aryl methyl sites for hydroxylation is 1. The summed E-state index contributed by atoms with van der Waals surface area (Å²) in [4.78, 5) is 4.94. The van der Waals surface area contributed by atoms with Gasteiger partial charge in [0.15, 0.2) is 5.82 Å². The summed E-state index contributed by atoms with van der Waals surface area (Å²) in [5, 5.41) is 7.61. The van der Waals surface area contributed by atoms with Crippen molar-refractivity contribution in [1.82, 2.24) is 19.7 Å². The molecular weight excluding hydrogens is 202 g/mol. The molecule has 0 aliphatic heterocycles. The molecule has 0 aliphatic carbocycles. The van der Waals surface area contributed by atoms with Gasteiger partial charge in [-0.3, -0.25) is 0 Å². The molecule has 0 bridgehead atoms. The maximum atomic E-state index is 5.61. The van der Waals surface area contributed by atoms with Gasteiger partial charge in [0.1, 0.15) is 4.88 Å². The van der Waals surface area contributed by atoms with E-state index >= 15 is 0 Å². The van der Waals surface area contributed by atoms with Crippen molar-refractivity contribution in [2.75, 3.05) is 0 Å². The molecule has 0 aromatic carbocycles. The first kappa shape index (κ1) is 9.22. The molecule has 1 unspecified atom stereocenters. The first-order valence-electron chi connectivity index (χ1n) is 4.07. The lowest BCUT2D eigenvalue weighted by Crippen LogP contribution is -2.06. The van der Waals surface area contributed by atoms with Crippen LogP contribution in [0.3, 0.4) is 0 Å². The number of hydrogen-bond acceptors (Lipinski definition) is 7. The van der Waals surface area contributed by atoms with Crippen LogP contribution < -0.4 is 5.73 Å². The van der Waals surface area contributed by atoms with E-state index in [-0.39, 0.29) is 6.04 Å². The fourth-order valence-corrected chi connectivity index (χ4v) is 1.52. The number of hydrogen-bond donors (Lipinski definition) is 1. The summed E-state index contributed by atoms with van der Waals surface area (Å²) >= 11 is 1.23. The molecule has 2 heterocycles. The molecule has 7 heteroatoms. The van der Waals surface area contributed by atoms with Gasteiger partial charge in [-0.2, -0.15) is 4.98 Å². The molecule has 2 N–H and O–H groups in total. The van der Waals surface area contributed by atoms with Crippen molar-refractivity contribution in [3.8, 4) is 10.8 Å². The fraction of sp³-hybridized carbons (Fsp3) is 0.429. The predicted molar refractivity (Wildman–Crippen MR) is 50.5 cm³/mol. The van der Waals surface area contributed by atoms with E-state index in [0.29, 0.717) is 11.7 Å². The van der Waals surface area contributed by atoms with Gasteiger partial charge in [0.05, 0.1) is 11.7 Å². The van der Waals surface area contributed by atoms with Crippen molar-refractivity contribution < 1.29 is 4.52 Å². The summed E-state index contributed by atoms with van der Waals surface area (Å²) in [6.07, 6.45) is 0. The third-order valence-corrected chi connectivity index (χ3v) is 2.51. The molecule has 6 nitrogen and oxygen atoms in total. The van der Waals surface area contributed by atoms with Gasteiger partial charge >= 0.3 is 0 Å². The summed E-state index contributed by atoms with van der Waals surface area (Å²) in [5.41, 5.74) is 6.39. The van der Waals surface area contributed by atoms with Crippen molar-refractivity contribution in [1.29, 1.82) is 0 Å². The van der Waals surface area contributed by atoms with Gasteiger partial charge in [0.25, 0.3) is 5.89 Å². The Kier molecular flexibility index (Phi) is 2.26. The quantitative estimate of drug-likeness (QED) is 0.794. The highest BCUT2D eigenvalue weighted by Crippen LogP contribution is 2.24. The van der Waals surface area contributed by atoms with Gasteiger partial charge in [0.2, 0.25) is 0 Å². The van der Waals surface area contributed by atoms with Gasteiger partial charge in [-0.25, -0.2) is 0 Å². The van der Waals surface area contributed by atoms with Crippen LogP contribution in [0.2, 0.25) is 0 Å². The Hall–Kier alpha value is -1.34. The molecule has 0 saturated carbocycles. The molecule has 2 aromatic heterocycles. The number of rotatable bonds is 2. The van der Waals surface area contributed by atoms with Crippen molar-refractivity contribution in [2.24, 2.45) is 5.73 Å². The summed E-state index contributed by atoms with van der Waals surface area (Å²) in [6.45, 7) is 3.64. The SMILES string of the molecule is Cc1nnsc1-c1nc(C(C)N)no1. The van der Waals surface area contributed by atoms with Crippen LogP contribution in [-0.2, 0) is 0 Å². The largest absolute Gasteiger partial charge is 0.333 e. The highest BCUT2D eigenvalue weighted by molar-refractivity contribution is 7.09. The lowest BCUT2D eigenvalue weighted by atomic mass is 10.3. The zero-order valence-electron chi connectivity index (χ0n) is 7.76. The monoisotopic (exact) mass is 211 g/mol. The molecule has 2 rings (SSSR count). The van der Waals surface area contributed by atoms with Crippen LogP contribution in [0.1, 0.15) is 24.5 Å². The van der Waals surface area contributed by atoms with Crippen LogP contribution in [0.5, 0.6) is 0 Å². The molecule has 0 saturated heterocycles. The Bertz CT molecular complexity index is 435. The normalized spacial score (nSPS) is 13.1. The summed E-state index contributed by atoms with van der Waals surface area (Å²) < 4.78 is 8.83. The second-order valence-corrected chi connectivity index (χ2v) is 3.69. The Morgan fingerprint density at radius 1 is 1.50 bits per heavy atom. The van der Waals surface area contributed by atoms with Gasteiger partial charge < -0.3 is 10.3 Å². The van der Waals surface area contributed by atoms with Crippen LogP contribution in [0, 0.1) is 6.92 Å². The zero-order valence-corrected chi connectivity index (χ0v) is 8.58. The van der Waals surface area contributed by atoms with Gasteiger partial charge in [-0.05, 0) is 25.4 Å². The third-order valence-electron chi connectivity index (χ3n) is 1.69. The van der Waals surface area contributed by atoms with E-state index in [9.17, 15) is 0 Å². The maximum absolute atomic E-state index is 5.61. The molecule has 2 aromatic rings. The van der Waals surface area contributed by atoms with E-state index in [0.717, 1.165) is 10.6 Å². The first-order chi connectivity index (χ1) is 6.68. The van der Waals surface area contributed by atoms with Crippen LogP contribution in [0.25, 0.3) is 10.8 Å². The predicted octanol–water partition coefficient (Wildman–Crippen LogP) is 0.916. The summed E-state index contributed by atoms with van der Waals surface area (Å²) in [7, 11) is 0. The van der Waals surface area contributed by atoms with Gasteiger partial charge in [-0.1, -0.05) is 9.64 Å². The zero-order chi connectivity index (χ0) is 10.1. The molecule has 0 fully saturated rings. The van der Waals surface area contributed by atoms with Gasteiger partial charge in [-0.15, -0.1) is 5.10 Å². The smallest absolute Gasteiger partial charge is 0.271 e. The highest BCUT2D eigenvalue weighted by Gasteiger charge is 2.15. The minimum atomic E-state index is -0.228. The van der Waals surface area contributed by atoms with E-state index in [4.69, 9.17) is 10.3 Å². The number of nitrogens with zero attached hydrogens (tertiary/aromatic N) is 4. The molecule has 74 valence electrons. The Morgan fingerprint density at radius 3 is 2.79 bits per heavy atom. The topological polar surface area (TPSA) is 90.7 Å². The molecule has 1 atom stereocenters. The number of nitrogens with two attached hydrogens (primary N) is 1. The Balaban J connectivity index is 2.39. The summed E-state index contributed by atoms with van der Waals surface area (Å²) in [6, 6.07) is -0.228. The standard InChI is InChI=1S/C7H9N5OS/c1-3(8)6-9-7(13-11-6)5-4(2)10-12-14-5/h3H,8H2,1-2H3. The molecular formula is C7H9N5OS. The first-order valence-corrected chi connectivity index (χ1v) is 4.84. The average Bonchev–Trinajstić information content (AvgIpc) is 2.71.